The van der Waals surface area contributed by atoms with Gasteiger partial charge in [0.1, 0.15) is 5.75 Å². The number of rotatable bonds is 5. The molecule has 2 N–H and O–H groups in total. The Balaban J connectivity index is 1.77. The average molecular weight is 408 g/mol. The summed E-state index contributed by atoms with van der Waals surface area (Å²) < 4.78 is 33.1. The highest BCUT2D eigenvalue weighted by Gasteiger charge is 2.47. The highest BCUT2D eigenvalue weighted by molar-refractivity contribution is 5.86. The molecule has 7 nitrogen and oxygen atoms in total. The molecule has 156 valence electrons. The van der Waals surface area contributed by atoms with E-state index in [1.807, 2.05) is 6.92 Å². The largest absolute Gasteiger partial charge is 0.496 e. The van der Waals surface area contributed by atoms with Crippen LogP contribution in [0.15, 0.2) is 23.0 Å². The van der Waals surface area contributed by atoms with Gasteiger partial charge in [0.05, 0.1) is 19.6 Å². The molecular weight excluding hydrogens is 384 g/mol. The Morgan fingerprint density at radius 1 is 1.41 bits per heavy atom. The van der Waals surface area contributed by atoms with Gasteiger partial charge in [-0.2, -0.15) is 0 Å². The van der Waals surface area contributed by atoms with E-state index in [1.165, 1.54) is 6.92 Å². The molecule has 3 unspecified atom stereocenters. The number of amides is 1. The van der Waals surface area contributed by atoms with Crippen molar-refractivity contribution in [2.45, 2.75) is 51.1 Å². The molecule has 1 amide bonds. The third kappa shape index (κ3) is 4.28. The number of halogens is 2. The summed E-state index contributed by atoms with van der Waals surface area (Å²) in [6.07, 6.45) is -3.79. The fourth-order valence-corrected chi connectivity index (χ4v) is 3.88. The minimum Gasteiger partial charge on any atom is -0.496 e. The van der Waals surface area contributed by atoms with Gasteiger partial charge in [-0.15, -0.1) is 0 Å². The summed E-state index contributed by atoms with van der Waals surface area (Å²) in [7, 11) is 1.55. The molecule has 1 fully saturated rings. The summed E-state index contributed by atoms with van der Waals surface area (Å²) in [6, 6.07) is 3.11. The number of hydrogen-bond acceptors (Lipinski definition) is 4. The van der Waals surface area contributed by atoms with Crippen molar-refractivity contribution in [1.29, 1.82) is 0 Å². The zero-order valence-electron chi connectivity index (χ0n) is 16.5. The molecule has 4 atom stereocenters. The molecule has 1 aromatic heterocycles. The van der Waals surface area contributed by atoms with E-state index in [-0.39, 0.29) is 18.4 Å². The molecule has 9 heteroatoms. The quantitative estimate of drug-likeness (QED) is 0.742. The van der Waals surface area contributed by atoms with E-state index in [2.05, 4.69) is 10.3 Å². The number of methoxy groups -OCH3 is 1. The summed E-state index contributed by atoms with van der Waals surface area (Å²) in [4.78, 5) is 39.4. The number of ether oxygens (including phenoxy) is 1. The number of aromatic nitrogens is 1. The third-order valence-electron chi connectivity index (χ3n) is 5.36. The number of nitrogens with one attached hydrogen (secondary N) is 2. The lowest BCUT2D eigenvalue weighted by atomic mass is 9.95. The van der Waals surface area contributed by atoms with Crippen LogP contribution in [-0.2, 0) is 11.2 Å². The molecule has 2 aromatic rings. The van der Waals surface area contributed by atoms with Crippen LogP contribution in [0.5, 0.6) is 5.75 Å². The van der Waals surface area contributed by atoms with Gasteiger partial charge >= 0.3 is 0 Å². The van der Waals surface area contributed by atoms with Crippen molar-refractivity contribution in [3.8, 4) is 5.75 Å². The average Bonchev–Trinajstić information content (AvgIpc) is 2.62. The maximum absolute atomic E-state index is 14.1. The van der Waals surface area contributed by atoms with Crippen LogP contribution in [0.2, 0.25) is 0 Å². The molecule has 2 heterocycles. The smallest absolute Gasteiger partial charge is 0.252 e. The second-order valence-electron chi connectivity index (χ2n) is 7.45. The van der Waals surface area contributed by atoms with Gasteiger partial charge in [-0.25, -0.2) is 8.78 Å². The summed E-state index contributed by atoms with van der Waals surface area (Å²) in [5.74, 6) is 0.132. The van der Waals surface area contributed by atoms with Crippen LogP contribution in [0.25, 0.3) is 10.9 Å². The normalized spacial score (nSPS) is 23.1. The molecule has 1 saturated heterocycles. The van der Waals surface area contributed by atoms with E-state index in [9.17, 15) is 23.3 Å². The molecule has 1 aliphatic rings. The standard InChI is InChI=1S/C20H23F2N3O4/c1-10-14-6-12(20(27)24-16(14)4-5-17(10)29-3)7-18(26)23-11(2)19-15(22)8-13(21)9-25(19)28/h4-6,11,13,15,19H,7-9H2,1-3H3,(H-,23,24,26,27)/p+1/t11-,13?,15?,19?/m1/s1. The second kappa shape index (κ2) is 8.26. The van der Waals surface area contributed by atoms with Gasteiger partial charge in [-0.05, 0) is 32.0 Å². The molecule has 29 heavy (non-hydrogen) atoms. The van der Waals surface area contributed by atoms with Gasteiger partial charge in [0.2, 0.25) is 12.5 Å². The molecular formula is C20H24F2N3O4+. The van der Waals surface area contributed by atoms with Gasteiger partial charge < -0.3 is 15.0 Å². The van der Waals surface area contributed by atoms with Crippen molar-refractivity contribution in [3.05, 3.63) is 44.6 Å². The Bertz CT molecular complexity index is 1010. The SMILES string of the molecule is COc1ccc2[nH]c(=O)c(CC(=O)N[C@H](C)C3C(F)CC(F)C[N+]3=O)cc2c1C. The van der Waals surface area contributed by atoms with Gasteiger partial charge in [-0.3, -0.25) is 9.59 Å². The highest BCUT2D eigenvalue weighted by Crippen LogP contribution is 2.26. The Hall–Kier alpha value is -2.84. The van der Waals surface area contributed by atoms with Crippen molar-refractivity contribution in [1.82, 2.24) is 10.3 Å². The molecule has 0 aliphatic carbocycles. The number of pyridine rings is 1. The van der Waals surface area contributed by atoms with E-state index in [1.54, 1.807) is 25.3 Å². The highest BCUT2D eigenvalue weighted by atomic mass is 19.1. The molecule has 0 bridgehead atoms. The fourth-order valence-electron chi connectivity index (χ4n) is 3.88. The number of fused-ring (bicyclic) bond motifs is 1. The van der Waals surface area contributed by atoms with Crippen LogP contribution in [-0.4, -0.2) is 53.7 Å². The fraction of sp³-hybridized carbons (Fsp3) is 0.500. The minimum absolute atomic E-state index is 0.236. The molecule has 0 spiro atoms. The number of carbonyl (C=O) groups excluding carboxylic acids is 1. The third-order valence-corrected chi connectivity index (χ3v) is 5.36. The van der Waals surface area contributed by atoms with Crippen LogP contribution in [0.1, 0.15) is 24.5 Å². The van der Waals surface area contributed by atoms with Crippen molar-refractivity contribution in [2.75, 3.05) is 13.7 Å². The van der Waals surface area contributed by atoms with Crippen LogP contribution < -0.4 is 15.6 Å². The lowest BCUT2D eigenvalue weighted by Crippen LogP contribution is -2.55. The predicted molar refractivity (Wildman–Crippen MR) is 104 cm³/mol. The molecule has 3 rings (SSSR count). The van der Waals surface area contributed by atoms with E-state index in [0.717, 1.165) is 10.9 Å². The summed E-state index contributed by atoms with van der Waals surface area (Å²) in [5.41, 5.74) is 1.27. The Labute approximate surface area is 166 Å². The van der Waals surface area contributed by atoms with E-state index in [4.69, 9.17) is 4.74 Å². The second-order valence-corrected chi connectivity index (χ2v) is 7.45. The number of alkyl halides is 2. The first-order valence-corrected chi connectivity index (χ1v) is 9.42. The number of piperidine rings is 1. The minimum atomic E-state index is -1.68. The number of H-pyrrole nitrogens is 1. The predicted octanol–water partition coefficient (Wildman–Crippen LogP) is 2.12. The first-order valence-electron chi connectivity index (χ1n) is 9.42. The number of benzene rings is 1. The molecule has 1 aromatic carbocycles. The van der Waals surface area contributed by atoms with Gasteiger partial charge in [0.15, 0.2) is 12.3 Å². The van der Waals surface area contributed by atoms with Crippen molar-refractivity contribution < 1.29 is 23.1 Å². The first-order chi connectivity index (χ1) is 13.7. The topological polar surface area (TPSA) is 91.3 Å². The van der Waals surface area contributed by atoms with Crippen LogP contribution in [0, 0.1) is 11.8 Å². The zero-order valence-corrected chi connectivity index (χ0v) is 16.5. The Kier molecular flexibility index (Phi) is 5.95. The first kappa shape index (κ1) is 20.9. The number of aryl methyl sites for hydroxylation is 1. The molecule has 0 radical (unpaired) electrons. The van der Waals surface area contributed by atoms with Crippen LogP contribution in [0.3, 0.4) is 0 Å². The Morgan fingerprint density at radius 3 is 2.79 bits per heavy atom. The van der Waals surface area contributed by atoms with Crippen molar-refractivity contribution >= 4 is 16.8 Å². The molecule has 0 saturated carbocycles. The monoisotopic (exact) mass is 408 g/mol. The van der Waals surface area contributed by atoms with Gasteiger partial charge in [-0.1, -0.05) is 0 Å². The zero-order chi connectivity index (χ0) is 21.3. The van der Waals surface area contributed by atoms with Crippen LogP contribution >= 0.6 is 0 Å². The molecule has 1 aliphatic heterocycles. The van der Waals surface area contributed by atoms with E-state index in [0.29, 0.717) is 16.0 Å². The number of carbonyl (C=O) groups is 1. The van der Waals surface area contributed by atoms with Crippen molar-refractivity contribution in [2.24, 2.45) is 0 Å². The number of hydrogen-bond donors (Lipinski definition) is 2. The summed E-state index contributed by atoms with van der Waals surface area (Å²) in [5, 5.41) is 3.31. The number of nitroso groups, excluding NO2 is 1. The van der Waals surface area contributed by atoms with Crippen LogP contribution in [0.4, 0.5) is 8.78 Å². The van der Waals surface area contributed by atoms with E-state index < -0.39 is 42.4 Å². The van der Waals surface area contributed by atoms with Gasteiger partial charge in [0.25, 0.3) is 11.6 Å². The summed E-state index contributed by atoms with van der Waals surface area (Å²) in [6.45, 7) is 2.92. The Morgan fingerprint density at radius 2 is 2.14 bits per heavy atom. The van der Waals surface area contributed by atoms with Crippen molar-refractivity contribution in [3.63, 3.8) is 0 Å². The van der Waals surface area contributed by atoms with E-state index >= 15 is 0 Å². The maximum atomic E-state index is 14.1. The summed E-state index contributed by atoms with van der Waals surface area (Å²) >= 11 is 0. The lowest BCUT2D eigenvalue weighted by molar-refractivity contribution is -0.611. The lowest BCUT2D eigenvalue weighted by Gasteiger charge is -2.25. The van der Waals surface area contributed by atoms with Gasteiger partial charge in [0, 0.05) is 38.1 Å². The number of nitrogens with zero attached hydrogens (tertiary/aromatic N) is 1. The maximum Gasteiger partial charge on any atom is 0.252 e. The number of aromatic amines is 1.